The van der Waals surface area contributed by atoms with Gasteiger partial charge in [0.15, 0.2) is 0 Å². The Kier molecular flexibility index (Phi) is 3.14. The summed E-state index contributed by atoms with van der Waals surface area (Å²) in [6, 6.07) is 0. The summed E-state index contributed by atoms with van der Waals surface area (Å²) < 4.78 is 10.2. The molecule has 0 saturated carbocycles. The van der Waals surface area contributed by atoms with Gasteiger partial charge in [-0.3, -0.25) is 14.4 Å². The average molecular weight is 262 g/mol. The van der Waals surface area contributed by atoms with Gasteiger partial charge < -0.3 is 9.47 Å². The van der Waals surface area contributed by atoms with E-state index in [1.807, 2.05) is 0 Å². The van der Waals surface area contributed by atoms with Crippen molar-refractivity contribution >= 4 is 17.5 Å². The molecule has 5 heteroatoms. The first-order valence-corrected chi connectivity index (χ1v) is 5.96. The summed E-state index contributed by atoms with van der Waals surface area (Å²) >= 11 is 0. The smallest absolute Gasteiger partial charge is 0.306 e. The largest absolute Gasteiger partial charge is 0.469 e. The number of esters is 1. The minimum Gasteiger partial charge on any atom is -0.469 e. The third kappa shape index (κ3) is 2.12. The number of ether oxygens (including phenoxy) is 2. The van der Waals surface area contributed by atoms with Gasteiger partial charge in [0.1, 0.15) is 12.0 Å². The molecule has 19 heavy (non-hydrogen) atoms. The quantitative estimate of drug-likeness (QED) is 0.558. The molecule has 1 atom stereocenters. The number of fused-ring (bicyclic) bond motifs is 1. The van der Waals surface area contributed by atoms with E-state index in [9.17, 15) is 14.4 Å². The number of Topliss-reactive ketones (excluding diaryl/α,β-unsaturated/α-hetero) is 1. The summed E-state index contributed by atoms with van der Waals surface area (Å²) in [7, 11) is 0. The van der Waals surface area contributed by atoms with Crippen molar-refractivity contribution in [2.24, 2.45) is 0 Å². The lowest BCUT2D eigenvalue weighted by Gasteiger charge is -2.31. The Morgan fingerprint density at radius 2 is 2.05 bits per heavy atom. The fraction of sp³-hybridized carbons (Fsp3) is 0.357. The van der Waals surface area contributed by atoms with Crippen LogP contribution in [0.5, 0.6) is 0 Å². The van der Waals surface area contributed by atoms with Crippen molar-refractivity contribution in [3.05, 3.63) is 35.3 Å². The number of rotatable bonds is 2. The molecule has 0 radical (unpaired) electrons. The van der Waals surface area contributed by atoms with Gasteiger partial charge in [-0.1, -0.05) is 6.92 Å². The van der Waals surface area contributed by atoms with E-state index < -0.39 is 23.1 Å². The third-order valence-corrected chi connectivity index (χ3v) is 3.07. The Morgan fingerprint density at radius 1 is 1.37 bits per heavy atom. The lowest BCUT2D eigenvalue weighted by atomic mass is 9.80. The molecule has 0 amide bonds. The molecule has 1 aliphatic heterocycles. The van der Waals surface area contributed by atoms with E-state index in [2.05, 4.69) is 0 Å². The van der Waals surface area contributed by atoms with Crippen molar-refractivity contribution in [2.45, 2.75) is 32.8 Å². The van der Waals surface area contributed by atoms with E-state index >= 15 is 0 Å². The zero-order valence-electron chi connectivity index (χ0n) is 11.0. The van der Waals surface area contributed by atoms with Gasteiger partial charge in [0.25, 0.3) is 0 Å². The van der Waals surface area contributed by atoms with Crippen LogP contribution < -0.4 is 0 Å². The number of allylic oxidation sites excluding steroid dienone is 3. The monoisotopic (exact) mass is 262 g/mol. The van der Waals surface area contributed by atoms with Gasteiger partial charge in [0.2, 0.25) is 17.2 Å². The number of hydrogen-bond donors (Lipinski definition) is 0. The van der Waals surface area contributed by atoms with Crippen molar-refractivity contribution in [1.82, 2.24) is 0 Å². The van der Waals surface area contributed by atoms with Crippen LogP contribution in [0.4, 0.5) is 0 Å². The molecule has 0 aromatic carbocycles. The zero-order valence-corrected chi connectivity index (χ0v) is 11.0. The van der Waals surface area contributed by atoms with Gasteiger partial charge in [-0.05, 0) is 31.6 Å². The van der Waals surface area contributed by atoms with Gasteiger partial charge in [-0.2, -0.15) is 0 Å². The van der Waals surface area contributed by atoms with Crippen molar-refractivity contribution in [1.29, 1.82) is 0 Å². The average Bonchev–Trinajstić information content (AvgIpc) is 2.36. The molecule has 2 aliphatic rings. The number of carbonyl (C=O) groups excluding carboxylic acids is 3. The van der Waals surface area contributed by atoms with E-state index in [0.717, 1.165) is 0 Å². The minimum absolute atomic E-state index is 0.0985. The molecule has 2 rings (SSSR count). The lowest BCUT2D eigenvalue weighted by molar-refractivity contribution is -0.168. The summed E-state index contributed by atoms with van der Waals surface area (Å²) in [6.45, 7) is 4.62. The van der Waals surface area contributed by atoms with Crippen molar-refractivity contribution < 1.29 is 23.9 Å². The van der Waals surface area contributed by atoms with E-state index in [1.54, 1.807) is 19.9 Å². The number of hydrogen-bond acceptors (Lipinski definition) is 5. The summed E-state index contributed by atoms with van der Waals surface area (Å²) in [4.78, 5) is 35.8. The van der Waals surface area contributed by atoms with Gasteiger partial charge >= 0.3 is 5.97 Å². The Labute approximate surface area is 110 Å². The molecule has 100 valence electrons. The predicted octanol–water partition coefficient (Wildman–Crippen LogP) is 1.59. The normalized spacial score (nSPS) is 25.7. The van der Waals surface area contributed by atoms with E-state index in [-0.39, 0.29) is 12.0 Å². The van der Waals surface area contributed by atoms with Crippen LogP contribution in [-0.4, -0.2) is 23.1 Å². The highest BCUT2D eigenvalue weighted by Crippen LogP contribution is 2.33. The fourth-order valence-electron chi connectivity index (χ4n) is 1.90. The van der Waals surface area contributed by atoms with E-state index in [0.29, 0.717) is 11.3 Å². The van der Waals surface area contributed by atoms with Crippen molar-refractivity contribution in [2.75, 3.05) is 0 Å². The van der Waals surface area contributed by atoms with Crippen LogP contribution in [0.1, 0.15) is 27.2 Å². The second-order valence-electron chi connectivity index (χ2n) is 4.56. The molecular weight excluding hydrogens is 248 g/mol. The van der Waals surface area contributed by atoms with E-state index in [1.165, 1.54) is 19.3 Å². The first-order valence-electron chi connectivity index (χ1n) is 5.96. The van der Waals surface area contributed by atoms with Crippen LogP contribution in [0.25, 0.3) is 0 Å². The van der Waals surface area contributed by atoms with Crippen LogP contribution in [0, 0.1) is 0 Å². The lowest BCUT2D eigenvalue weighted by Crippen LogP contribution is -2.50. The number of carbonyl (C=O) groups is 3. The molecule has 0 saturated heterocycles. The first-order chi connectivity index (χ1) is 8.88. The van der Waals surface area contributed by atoms with Crippen LogP contribution in [0.3, 0.4) is 0 Å². The van der Waals surface area contributed by atoms with Crippen LogP contribution in [0.2, 0.25) is 0 Å². The molecule has 0 fully saturated rings. The van der Waals surface area contributed by atoms with E-state index in [4.69, 9.17) is 9.47 Å². The second-order valence-corrected chi connectivity index (χ2v) is 4.56. The highest BCUT2D eigenvalue weighted by molar-refractivity contribution is 6.26. The van der Waals surface area contributed by atoms with Crippen LogP contribution in [0.15, 0.2) is 35.3 Å². The Hall–Kier alpha value is -2.17. The topological polar surface area (TPSA) is 69.7 Å². The maximum Gasteiger partial charge on any atom is 0.306 e. The minimum atomic E-state index is -1.79. The first kappa shape index (κ1) is 13.3. The molecule has 1 unspecified atom stereocenters. The molecular formula is C14H14O5. The Balaban J connectivity index is 2.43. The standard InChI is InChI=1S/C14H14O5/c1-4-12(16)19-14(3)11(15)6-9-5-8(2)18-7-10(9)13(14)17/h5-7H,4H2,1-3H3. The Morgan fingerprint density at radius 3 is 2.68 bits per heavy atom. The second kappa shape index (κ2) is 4.50. The van der Waals surface area contributed by atoms with Crippen LogP contribution in [-0.2, 0) is 23.9 Å². The van der Waals surface area contributed by atoms with Crippen molar-refractivity contribution in [3.63, 3.8) is 0 Å². The summed E-state index contributed by atoms with van der Waals surface area (Å²) in [6.07, 6.45) is 4.30. The molecule has 0 spiro atoms. The molecule has 1 heterocycles. The highest BCUT2D eigenvalue weighted by atomic mass is 16.6. The third-order valence-electron chi connectivity index (χ3n) is 3.07. The predicted molar refractivity (Wildman–Crippen MR) is 65.8 cm³/mol. The van der Waals surface area contributed by atoms with Gasteiger partial charge in [0, 0.05) is 6.42 Å². The van der Waals surface area contributed by atoms with Gasteiger partial charge in [-0.15, -0.1) is 0 Å². The number of ketones is 2. The summed E-state index contributed by atoms with van der Waals surface area (Å²) in [5, 5.41) is 0. The summed E-state index contributed by atoms with van der Waals surface area (Å²) in [5.74, 6) is -1.09. The van der Waals surface area contributed by atoms with Crippen LogP contribution >= 0.6 is 0 Å². The molecule has 0 aromatic heterocycles. The molecule has 0 aromatic rings. The highest BCUT2D eigenvalue weighted by Gasteiger charge is 2.49. The fourth-order valence-corrected chi connectivity index (χ4v) is 1.90. The summed E-state index contributed by atoms with van der Waals surface area (Å²) in [5.41, 5.74) is -1.05. The molecule has 0 bridgehead atoms. The van der Waals surface area contributed by atoms with Gasteiger partial charge in [-0.25, -0.2) is 0 Å². The molecule has 0 N–H and O–H groups in total. The van der Waals surface area contributed by atoms with Gasteiger partial charge in [0.05, 0.1) is 5.57 Å². The molecule has 5 nitrogen and oxygen atoms in total. The maximum atomic E-state index is 12.3. The van der Waals surface area contributed by atoms with Crippen molar-refractivity contribution in [3.8, 4) is 0 Å². The zero-order chi connectivity index (χ0) is 14.2. The Bertz CT molecular complexity index is 564. The molecule has 1 aliphatic carbocycles. The SMILES string of the molecule is CCC(=O)OC1(C)C(=O)C=C2C=C(C)OC=C2C1=O. The maximum absolute atomic E-state index is 12.3.